The average molecular weight is 508 g/mol. The molecule has 8 heteroatoms. The van der Waals surface area contributed by atoms with Crippen molar-refractivity contribution in [2.75, 3.05) is 10.2 Å². The fourth-order valence-electron chi connectivity index (χ4n) is 4.66. The number of hydrogen-bond acceptors (Lipinski definition) is 6. The van der Waals surface area contributed by atoms with Gasteiger partial charge in [-0.15, -0.1) is 11.3 Å². The fraction of sp³-hybridized carbons (Fsp3) is 0.429. The van der Waals surface area contributed by atoms with Gasteiger partial charge in [0.25, 0.3) is 5.89 Å². The minimum Gasteiger partial charge on any atom is -0.441 e. The van der Waals surface area contributed by atoms with Crippen molar-refractivity contribution in [3.8, 4) is 10.4 Å². The number of carbonyl (C=O) groups excluding carboxylic acids is 3. The Morgan fingerprint density at radius 3 is 2.42 bits per heavy atom. The normalized spacial score (nSPS) is 17.7. The zero-order chi connectivity index (χ0) is 25.8. The van der Waals surface area contributed by atoms with Crippen molar-refractivity contribution >= 4 is 40.3 Å². The van der Waals surface area contributed by atoms with Crippen LogP contribution in [0, 0.1) is 11.8 Å². The van der Waals surface area contributed by atoms with Crippen LogP contribution in [0.15, 0.2) is 47.2 Å². The van der Waals surface area contributed by atoms with Gasteiger partial charge in [-0.2, -0.15) is 0 Å². The summed E-state index contributed by atoms with van der Waals surface area (Å²) in [5.74, 6) is 0.390. The molecule has 2 heterocycles. The summed E-state index contributed by atoms with van der Waals surface area (Å²) in [6.45, 7) is 8.11. The third-order valence-corrected chi connectivity index (χ3v) is 7.93. The Kier molecular flexibility index (Phi) is 8.04. The van der Waals surface area contributed by atoms with Gasteiger partial charge in [-0.1, -0.05) is 26.0 Å². The summed E-state index contributed by atoms with van der Waals surface area (Å²) in [5, 5.41) is 2.76. The molecule has 7 nitrogen and oxygen atoms in total. The first-order chi connectivity index (χ1) is 17.3. The van der Waals surface area contributed by atoms with Gasteiger partial charge < -0.3 is 14.6 Å². The number of rotatable bonds is 8. The maximum atomic E-state index is 13.7. The highest BCUT2D eigenvalue weighted by atomic mass is 32.1. The third kappa shape index (κ3) is 5.59. The molecule has 1 saturated carbocycles. The van der Waals surface area contributed by atoms with Crippen LogP contribution in [0.2, 0.25) is 0 Å². The van der Waals surface area contributed by atoms with E-state index in [9.17, 15) is 14.4 Å². The Bertz CT molecular complexity index is 1210. The summed E-state index contributed by atoms with van der Waals surface area (Å²) in [6.07, 6.45) is 7.08. The number of oxazole rings is 1. The molecule has 0 saturated heterocycles. The largest absolute Gasteiger partial charge is 0.441 e. The molecule has 1 aliphatic carbocycles. The van der Waals surface area contributed by atoms with E-state index in [0.29, 0.717) is 28.6 Å². The van der Waals surface area contributed by atoms with Crippen LogP contribution in [-0.2, 0) is 4.79 Å². The number of amides is 2. The van der Waals surface area contributed by atoms with E-state index in [-0.39, 0.29) is 29.5 Å². The van der Waals surface area contributed by atoms with E-state index in [2.05, 4.69) is 17.2 Å². The van der Waals surface area contributed by atoms with Gasteiger partial charge in [0.15, 0.2) is 5.78 Å². The third-order valence-electron chi connectivity index (χ3n) is 6.72. The lowest BCUT2D eigenvalue weighted by Gasteiger charge is -2.33. The molecule has 0 spiro atoms. The zero-order valence-electron chi connectivity index (χ0n) is 21.2. The molecule has 0 bridgehead atoms. The van der Waals surface area contributed by atoms with Gasteiger partial charge in [-0.3, -0.25) is 14.4 Å². The second-order valence-corrected chi connectivity index (χ2v) is 10.8. The Morgan fingerprint density at radius 1 is 1.14 bits per heavy atom. The molecule has 4 rings (SSSR count). The minimum atomic E-state index is -0.426. The van der Waals surface area contributed by atoms with E-state index in [4.69, 9.17) is 4.42 Å². The van der Waals surface area contributed by atoms with E-state index in [1.54, 1.807) is 12.1 Å². The fourth-order valence-corrected chi connectivity index (χ4v) is 5.82. The minimum absolute atomic E-state index is 0.00285. The van der Waals surface area contributed by atoms with Crippen LogP contribution in [0.4, 0.5) is 11.4 Å². The number of aromatic nitrogens is 1. The Hall–Kier alpha value is -3.26. The molecular formula is C28H33N3O4S. The van der Waals surface area contributed by atoms with Gasteiger partial charge in [0, 0.05) is 28.9 Å². The van der Waals surface area contributed by atoms with Crippen LogP contribution in [0.1, 0.15) is 80.2 Å². The van der Waals surface area contributed by atoms with Crippen molar-refractivity contribution in [1.29, 1.82) is 0 Å². The quantitative estimate of drug-likeness (QED) is 0.338. The van der Waals surface area contributed by atoms with E-state index < -0.39 is 5.91 Å². The number of thiophene rings is 1. The number of carbonyl (C=O) groups is 3. The lowest BCUT2D eigenvalue weighted by Crippen LogP contribution is -2.42. The van der Waals surface area contributed by atoms with Crippen molar-refractivity contribution in [2.24, 2.45) is 11.8 Å². The molecule has 1 aromatic carbocycles. The van der Waals surface area contributed by atoms with E-state index >= 15 is 0 Å². The number of nitrogens with one attached hydrogen (secondary N) is 1. The second kappa shape index (κ2) is 11.2. The van der Waals surface area contributed by atoms with E-state index in [1.807, 2.05) is 43.9 Å². The molecular weight excluding hydrogens is 474 g/mol. The lowest BCUT2D eigenvalue weighted by molar-refractivity contribution is -0.123. The van der Waals surface area contributed by atoms with Gasteiger partial charge in [0.05, 0.1) is 16.8 Å². The first-order valence-electron chi connectivity index (χ1n) is 12.6. The number of ketones is 1. The summed E-state index contributed by atoms with van der Waals surface area (Å²) in [4.78, 5) is 46.0. The number of nitrogens with zero attached hydrogens (tertiary/aromatic N) is 2. The van der Waals surface area contributed by atoms with Gasteiger partial charge in [-0.25, -0.2) is 4.98 Å². The topological polar surface area (TPSA) is 92.5 Å². The van der Waals surface area contributed by atoms with Crippen molar-refractivity contribution < 1.29 is 18.8 Å². The molecule has 2 aromatic heterocycles. The molecule has 36 heavy (non-hydrogen) atoms. The van der Waals surface area contributed by atoms with Crippen LogP contribution in [-0.4, -0.2) is 28.6 Å². The predicted octanol–water partition coefficient (Wildman–Crippen LogP) is 6.82. The summed E-state index contributed by atoms with van der Waals surface area (Å²) >= 11 is 1.42. The molecule has 2 amide bonds. The van der Waals surface area contributed by atoms with Crippen LogP contribution >= 0.6 is 11.3 Å². The van der Waals surface area contributed by atoms with Crippen molar-refractivity contribution in [3.63, 3.8) is 0 Å². The number of Topliss-reactive ketones (excluding diaryl/α,β-unsaturated/α-hetero) is 1. The smallest absolute Gasteiger partial charge is 0.311 e. The molecule has 1 fully saturated rings. The van der Waals surface area contributed by atoms with Crippen LogP contribution in [0.5, 0.6) is 0 Å². The number of hydrogen-bond donors (Lipinski definition) is 1. The molecule has 3 aromatic rings. The molecule has 0 atom stereocenters. The molecule has 1 aliphatic rings. The highest BCUT2D eigenvalue weighted by Crippen LogP contribution is 2.40. The highest BCUT2D eigenvalue weighted by Gasteiger charge is 2.33. The summed E-state index contributed by atoms with van der Waals surface area (Å²) in [5.41, 5.74) is 2.23. The first-order valence-corrected chi connectivity index (χ1v) is 13.4. The van der Waals surface area contributed by atoms with Gasteiger partial charge >= 0.3 is 5.91 Å². The van der Waals surface area contributed by atoms with Crippen molar-refractivity contribution in [3.05, 3.63) is 53.6 Å². The Morgan fingerprint density at radius 2 is 1.83 bits per heavy atom. The van der Waals surface area contributed by atoms with Crippen LogP contribution < -0.4 is 10.2 Å². The standard InChI is InChI=1S/C28H33N3O4S/c1-5-23(32)25-22(31(17(2)3)28(34)20-8-6-18(4)7-9-20)16-24(36-25)19-10-12-21(13-11-19)30-26(33)27-29-14-15-35-27/h10-18,20H,5-9H2,1-4H3,(H,30,33). The van der Waals surface area contributed by atoms with Gasteiger partial charge in [-0.05, 0) is 69.2 Å². The summed E-state index contributed by atoms with van der Waals surface area (Å²) < 4.78 is 5.03. The highest BCUT2D eigenvalue weighted by molar-refractivity contribution is 7.18. The lowest BCUT2D eigenvalue weighted by atomic mass is 9.82. The van der Waals surface area contributed by atoms with E-state index in [1.165, 1.54) is 23.8 Å². The Balaban J connectivity index is 1.61. The summed E-state index contributed by atoms with van der Waals surface area (Å²) in [6, 6.07) is 9.29. The monoisotopic (exact) mass is 507 g/mol. The van der Waals surface area contributed by atoms with Crippen molar-refractivity contribution in [2.45, 2.75) is 65.8 Å². The molecule has 0 aliphatic heterocycles. The van der Waals surface area contributed by atoms with Gasteiger partial charge in [0.1, 0.15) is 6.26 Å². The van der Waals surface area contributed by atoms with Crippen molar-refractivity contribution in [1.82, 2.24) is 4.98 Å². The Labute approximate surface area is 215 Å². The molecule has 1 N–H and O–H groups in total. The van der Waals surface area contributed by atoms with Crippen LogP contribution in [0.3, 0.4) is 0 Å². The first kappa shape index (κ1) is 25.8. The molecule has 0 unspecified atom stereocenters. The summed E-state index contributed by atoms with van der Waals surface area (Å²) in [7, 11) is 0. The van der Waals surface area contributed by atoms with E-state index in [0.717, 1.165) is 36.1 Å². The maximum Gasteiger partial charge on any atom is 0.311 e. The number of anilines is 2. The SMILES string of the molecule is CCC(=O)c1sc(-c2ccc(NC(=O)c3ncco3)cc2)cc1N(C(=O)C1CCC(C)CC1)C(C)C. The zero-order valence-corrected chi connectivity index (χ0v) is 22.1. The van der Waals surface area contributed by atoms with Crippen LogP contribution in [0.25, 0.3) is 10.4 Å². The number of benzene rings is 1. The molecule has 190 valence electrons. The maximum absolute atomic E-state index is 13.7. The van der Waals surface area contributed by atoms with Gasteiger partial charge in [0.2, 0.25) is 5.91 Å². The second-order valence-electron chi connectivity index (χ2n) is 9.73. The molecule has 0 radical (unpaired) electrons. The average Bonchev–Trinajstić information content (AvgIpc) is 3.55. The predicted molar refractivity (Wildman–Crippen MR) is 143 cm³/mol.